The van der Waals surface area contributed by atoms with E-state index in [4.69, 9.17) is 26.8 Å². The van der Waals surface area contributed by atoms with Gasteiger partial charge in [0.1, 0.15) is 6.04 Å². The van der Waals surface area contributed by atoms with Crippen molar-refractivity contribution in [1.29, 1.82) is 0 Å². The average molecular weight is 383 g/mol. The molecule has 3 N–H and O–H groups in total. The van der Waals surface area contributed by atoms with Gasteiger partial charge in [-0.05, 0) is 36.1 Å². The van der Waals surface area contributed by atoms with Gasteiger partial charge in [-0.2, -0.15) is 0 Å². The molecular formula is C19H27ClN2O4. The molecule has 0 bridgehead atoms. The van der Waals surface area contributed by atoms with E-state index in [0.29, 0.717) is 28.7 Å². The minimum absolute atomic E-state index is 0.0469. The molecule has 0 saturated carbocycles. The summed E-state index contributed by atoms with van der Waals surface area (Å²) < 4.78 is 10.9. The molecule has 1 aromatic carbocycles. The number of benzene rings is 1. The fourth-order valence-corrected chi connectivity index (χ4v) is 2.56. The third-order valence-corrected chi connectivity index (χ3v) is 4.23. The highest BCUT2D eigenvalue weighted by atomic mass is 35.5. The summed E-state index contributed by atoms with van der Waals surface area (Å²) in [6, 6.07) is 2.69. The Morgan fingerprint density at radius 1 is 1.35 bits per heavy atom. The van der Waals surface area contributed by atoms with Gasteiger partial charge < -0.3 is 20.5 Å². The molecule has 0 aliphatic heterocycles. The van der Waals surface area contributed by atoms with Crippen molar-refractivity contribution in [2.45, 2.75) is 39.7 Å². The highest BCUT2D eigenvalue weighted by molar-refractivity contribution is 6.32. The standard InChI is InChI=1S/C19H27ClN2O4/c1-5-9-26-18-14(20)10-13(11-15(18)25-4)7-8-16(23)22-17(19(21)24)12(3)6-2/h7-8,10-12,17H,5-6,9H2,1-4H3,(H2,21,24)(H,22,23). The van der Waals surface area contributed by atoms with Crippen molar-refractivity contribution in [1.82, 2.24) is 5.32 Å². The minimum atomic E-state index is -0.708. The van der Waals surface area contributed by atoms with Gasteiger partial charge in [-0.25, -0.2) is 0 Å². The molecule has 2 amide bonds. The van der Waals surface area contributed by atoms with E-state index in [1.54, 1.807) is 18.2 Å². The van der Waals surface area contributed by atoms with Crippen molar-refractivity contribution in [3.63, 3.8) is 0 Å². The normalized spacial score (nSPS) is 13.3. The number of nitrogens with one attached hydrogen (secondary N) is 1. The lowest BCUT2D eigenvalue weighted by atomic mass is 9.98. The van der Waals surface area contributed by atoms with Gasteiger partial charge in [0.05, 0.1) is 18.7 Å². The average Bonchev–Trinajstić information content (AvgIpc) is 2.62. The lowest BCUT2D eigenvalue weighted by Gasteiger charge is -2.20. The van der Waals surface area contributed by atoms with E-state index in [1.807, 2.05) is 20.8 Å². The Balaban J connectivity index is 2.91. The fourth-order valence-electron chi connectivity index (χ4n) is 2.28. The summed E-state index contributed by atoms with van der Waals surface area (Å²) in [6.07, 6.45) is 4.49. The Morgan fingerprint density at radius 3 is 2.58 bits per heavy atom. The molecule has 0 fully saturated rings. The number of hydrogen-bond donors (Lipinski definition) is 2. The monoisotopic (exact) mass is 382 g/mol. The zero-order valence-electron chi connectivity index (χ0n) is 15.7. The number of ether oxygens (including phenoxy) is 2. The molecule has 0 aliphatic carbocycles. The highest BCUT2D eigenvalue weighted by Crippen LogP contribution is 2.36. The van der Waals surface area contributed by atoms with E-state index in [9.17, 15) is 9.59 Å². The molecule has 26 heavy (non-hydrogen) atoms. The summed E-state index contributed by atoms with van der Waals surface area (Å²) in [5, 5.41) is 3.03. The summed E-state index contributed by atoms with van der Waals surface area (Å²) in [4.78, 5) is 23.6. The second kappa shape index (κ2) is 10.7. The Labute approximate surface area is 159 Å². The Hall–Kier alpha value is -2.21. The maximum atomic E-state index is 12.1. The van der Waals surface area contributed by atoms with Gasteiger partial charge in [0.2, 0.25) is 11.8 Å². The predicted octanol–water partition coefficient (Wildman–Crippen LogP) is 3.17. The molecular weight excluding hydrogens is 356 g/mol. The number of halogens is 1. The van der Waals surface area contributed by atoms with Crippen LogP contribution in [0.2, 0.25) is 5.02 Å². The molecule has 144 valence electrons. The maximum Gasteiger partial charge on any atom is 0.244 e. The van der Waals surface area contributed by atoms with Crippen molar-refractivity contribution in [3.8, 4) is 11.5 Å². The topological polar surface area (TPSA) is 90.6 Å². The Bertz CT molecular complexity index is 661. The molecule has 0 radical (unpaired) electrons. The van der Waals surface area contributed by atoms with Crippen LogP contribution in [0, 0.1) is 5.92 Å². The zero-order chi connectivity index (χ0) is 19.7. The quantitative estimate of drug-likeness (QED) is 0.608. The number of rotatable bonds is 10. The Morgan fingerprint density at radius 2 is 2.04 bits per heavy atom. The van der Waals surface area contributed by atoms with Crippen LogP contribution >= 0.6 is 11.6 Å². The number of primary amides is 1. The number of hydrogen-bond acceptors (Lipinski definition) is 4. The van der Waals surface area contributed by atoms with E-state index in [1.165, 1.54) is 13.2 Å². The largest absolute Gasteiger partial charge is 0.493 e. The lowest BCUT2D eigenvalue weighted by Crippen LogP contribution is -2.47. The molecule has 6 nitrogen and oxygen atoms in total. The van der Waals surface area contributed by atoms with Crippen LogP contribution in [0.4, 0.5) is 0 Å². The van der Waals surface area contributed by atoms with E-state index in [2.05, 4.69) is 5.32 Å². The minimum Gasteiger partial charge on any atom is -0.493 e. The smallest absolute Gasteiger partial charge is 0.244 e. The van der Waals surface area contributed by atoms with Gasteiger partial charge in [0.25, 0.3) is 0 Å². The van der Waals surface area contributed by atoms with Crippen LogP contribution in [-0.2, 0) is 9.59 Å². The number of carbonyl (C=O) groups excluding carboxylic acids is 2. The van der Waals surface area contributed by atoms with Crippen LogP contribution < -0.4 is 20.5 Å². The van der Waals surface area contributed by atoms with Crippen LogP contribution in [0.15, 0.2) is 18.2 Å². The second-order valence-corrected chi connectivity index (χ2v) is 6.40. The van der Waals surface area contributed by atoms with Crippen molar-refractivity contribution >= 4 is 29.5 Å². The van der Waals surface area contributed by atoms with E-state index < -0.39 is 17.9 Å². The van der Waals surface area contributed by atoms with Crippen molar-refractivity contribution in [2.24, 2.45) is 11.7 Å². The first-order chi connectivity index (χ1) is 12.3. The lowest BCUT2D eigenvalue weighted by molar-refractivity contribution is -0.126. The summed E-state index contributed by atoms with van der Waals surface area (Å²) in [6.45, 7) is 6.31. The van der Waals surface area contributed by atoms with E-state index >= 15 is 0 Å². The van der Waals surface area contributed by atoms with Crippen LogP contribution in [0.3, 0.4) is 0 Å². The zero-order valence-corrected chi connectivity index (χ0v) is 16.4. The first-order valence-corrected chi connectivity index (χ1v) is 8.99. The molecule has 0 aromatic heterocycles. The SMILES string of the molecule is CCCOc1c(Cl)cc(C=CC(=O)NC(C(N)=O)C(C)CC)cc1OC. The summed E-state index contributed by atoms with van der Waals surface area (Å²) >= 11 is 6.25. The number of nitrogens with two attached hydrogens (primary N) is 1. The third kappa shape index (κ3) is 6.26. The van der Waals surface area contributed by atoms with Crippen LogP contribution in [0.25, 0.3) is 6.08 Å². The van der Waals surface area contributed by atoms with Crippen molar-refractivity contribution < 1.29 is 19.1 Å². The molecule has 1 aromatic rings. The third-order valence-electron chi connectivity index (χ3n) is 3.95. The van der Waals surface area contributed by atoms with E-state index in [0.717, 1.165) is 12.8 Å². The van der Waals surface area contributed by atoms with Crippen LogP contribution in [-0.4, -0.2) is 31.6 Å². The Kier molecular flexibility index (Phi) is 8.99. The maximum absolute atomic E-state index is 12.1. The summed E-state index contributed by atoms with van der Waals surface area (Å²) in [5.41, 5.74) is 6.03. The van der Waals surface area contributed by atoms with Crippen molar-refractivity contribution in [3.05, 3.63) is 28.8 Å². The molecule has 1 rings (SSSR count). The van der Waals surface area contributed by atoms with Gasteiger partial charge in [0, 0.05) is 6.08 Å². The number of carbonyl (C=O) groups is 2. The van der Waals surface area contributed by atoms with Gasteiger partial charge in [-0.1, -0.05) is 38.8 Å². The second-order valence-electron chi connectivity index (χ2n) is 5.99. The van der Waals surface area contributed by atoms with Crippen molar-refractivity contribution in [2.75, 3.05) is 13.7 Å². The van der Waals surface area contributed by atoms with Gasteiger partial charge >= 0.3 is 0 Å². The van der Waals surface area contributed by atoms with Crippen LogP contribution in [0.1, 0.15) is 39.2 Å². The molecule has 0 saturated heterocycles. The molecule has 0 aliphatic rings. The molecule has 0 spiro atoms. The molecule has 7 heteroatoms. The fraction of sp³-hybridized carbons (Fsp3) is 0.474. The highest BCUT2D eigenvalue weighted by Gasteiger charge is 2.22. The van der Waals surface area contributed by atoms with E-state index in [-0.39, 0.29) is 5.92 Å². The predicted molar refractivity (Wildman–Crippen MR) is 103 cm³/mol. The number of methoxy groups -OCH3 is 1. The molecule has 0 heterocycles. The summed E-state index contributed by atoms with van der Waals surface area (Å²) in [7, 11) is 1.52. The van der Waals surface area contributed by atoms with Gasteiger partial charge in [-0.3, -0.25) is 9.59 Å². The van der Waals surface area contributed by atoms with Crippen LogP contribution in [0.5, 0.6) is 11.5 Å². The number of amides is 2. The first kappa shape index (κ1) is 21.8. The van der Waals surface area contributed by atoms with Gasteiger partial charge in [0.15, 0.2) is 11.5 Å². The summed E-state index contributed by atoms with van der Waals surface area (Å²) in [5.74, 6) is -0.0445. The molecule has 2 unspecified atom stereocenters. The first-order valence-electron chi connectivity index (χ1n) is 8.62. The molecule has 2 atom stereocenters. The van der Waals surface area contributed by atoms with Gasteiger partial charge in [-0.15, -0.1) is 0 Å².